The fraction of sp³-hybridized carbons (Fsp3) is 0.600. The van der Waals surface area contributed by atoms with Crippen molar-refractivity contribution >= 4 is 11.9 Å². The number of likely N-dealkylation sites (tertiary alicyclic amines) is 1. The van der Waals surface area contributed by atoms with Crippen LogP contribution in [0.3, 0.4) is 0 Å². The molecule has 1 aromatic carbocycles. The molecule has 1 aliphatic rings. The number of piperidine rings is 1. The standard InChI is InChI=1S/C20H30N2O4/c1-2-21(15-20(24)25)18-10-12-22(13-11-18)19(23)9-6-14-26-16-17-7-4-3-5-8-17/h3-5,7-8,18H,2,6,9-16H2,1H3,(H,24,25). The van der Waals surface area contributed by atoms with Crippen molar-refractivity contribution in [3.63, 3.8) is 0 Å². The third kappa shape index (κ3) is 6.77. The summed E-state index contributed by atoms with van der Waals surface area (Å²) in [5, 5.41) is 8.98. The van der Waals surface area contributed by atoms with Crippen molar-refractivity contribution in [1.29, 1.82) is 0 Å². The largest absolute Gasteiger partial charge is 0.480 e. The fourth-order valence-corrected chi connectivity index (χ4v) is 3.40. The maximum Gasteiger partial charge on any atom is 0.317 e. The highest BCUT2D eigenvalue weighted by Gasteiger charge is 2.26. The molecule has 1 N–H and O–H groups in total. The molecule has 0 aliphatic carbocycles. The first-order chi connectivity index (χ1) is 12.6. The quantitative estimate of drug-likeness (QED) is 0.647. The molecule has 0 saturated carbocycles. The summed E-state index contributed by atoms with van der Waals surface area (Å²) < 4.78 is 5.62. The van der Waals surface area contributed by atoms with Crippen LogP contribution in [0.25, 0.3) is 0 Å². The van der Waals surface area contributed by atoms with Crippen molar-refractivity contribution in [2.45, 2.75) is 45.3 Å². The van der Waals surface area contributed by atoms with E-state index in [4.69, 9.17) is 9.84 Å². The van der Waals surface area contributed by atoms with Crippen LogP contribution in [0.15, 0.2) is 30.3 Å². The highest BCUT2D eigenvalue weighted by molar-refractivity contribution is 5.76. The number of amides is 1. The molecule has 1 aliphatic heterocycles. The van der Waals surface area contributed by atoms with Gasteiger partial charge in [-0.3, -0.25) is 14.5 Å². The summed E-state index contributed by atoms with van der Waals surface area (Å²) in [5.41, 5.74) is 1.14. The topological polar surface area (TPSA) is 70.1 Å². The molecule has 1 aromatic rings. The zero-order valence-corrected chi connectivity index (χ0v) is 15.6. The first-order valence-electron chi connectivity index (χ1n) is 9.45. The van der Waals surface area contributed by atoms with E-state index >= 15 is 0 Å². The lowest BCUT2D eigenvalue weighted by atomic mass is 10.0. The van der Waals surface area contributed by atoms with Gasteiger partial charge in [-0.25, -0.2) is 0 Å². The number of carbonyl (C=O) groups is 2. The average Bonchev–Trinajstić information content (AvgIpc) is 2.66. The van der Waals surface area contributed by atoms with Gasteiger partial charge in [-0.15, -0.1) is 0 Å². The van der Waals surface area contributed by atoms with Crippen LogP contribution in [0.2, 0.25) is 0 Å². The van der Waals surface area contributed by atoms with Crippen LogP contribution in [-0.2, 0) is 20.9 Å². The minimum Gasteiger partial charge on any atom is -0.480 e. The van der Waals surface area contributed by atoms with Gasteiger partial charge in [0.1, 0.15) is 0 Å². The van der Waals surface area contributed by atoms with Crippen LogP contribution in [0.1, 0.15) is 38.2 Å². The van der Waals surface area contributed by atoms with Gasteiger partial charge >= 0.3 is 5.97 Å². The van der Waals surface area contributed by atoms with Crippen LogP contribution in [0.4, 0.5) is 0 Å². The SMILES string of the molecule is CCN(CC(=O)O)C1CCN(C(=O)CCCOCc2ccccc2)CC1. The Kier molecular flexibility index (Phi) is 8.58. The maximum absolute atomic E-state index is 12.3. The monoisotopic (exact) mass is 362 g/mol. The van der Waals surface area contributed by atoms with Gasteiger partial charge in [-0.05, 0) is 31.4 Å². The molecule has 1 saturated heterocycles. The highest BCUT2D eigenvalue weighted by atomic mass is 16.5. The van der Waals surface area contributed by atoms with E-state index in [9.17, 15) is 9.59 Å². The van der Waals surface area contributed by atoms with E-state index in [1.807, 2.05) is 47.1 Å². The van der Waals surface area contributed by atoms with E-state index in [1.54, 1.807) is 0 Å². The Balaban J connectivity index is 1.61. The molecule has 6 heteroatoms. The number of likely N-dealkylation sites (N-methyl/N-ethyl adjacent to an activating group) is 1. The van der Waals surface area contributed by atoms with Gasteiger partial charge in [0.2, 0.25) is 5.91 Å². The zero-order valence-electron chi connectivity index (χ0n) is 15.6. The van der Waals surface area contributed by atoms with E-state index in [0.29, 0.717) is 32.7 Å². The first kappa shape index (κ1) is 20.4. The minimum absolute atomic E-state index is 0.0772. The molecule has 0 unspecified atom stereocenters. The van der Waals surface area contributed by atoms with Crippen molar-refractivity contribution in [3.8, 4) is 0 Å². The van der Waals surface area contributed by atoms with Gasteiger partial charge in [0, 0.05) is 32.2 Å². The number of hydrogen-bond donors (Lipinski definition) is 1. The number of carbonyl (C=O) groups excluding carboxylic acids is 1. The van der Waals surface area contributed by atoms with E-state index in [0.717, 1.165) is 31.4 Å². The number of rotatable bonds is 10. The summed E-state index contributed by atoms with van der Waals surface area (Å²) in [4.78, 5) is 27.1. The van der Waals surface area contributed by atoms with Crippen LogP contribution in [0, 0.1) is 0 Å². The first-order valence-corrected chi connectivity index (χ1v) is 9.45. The number of carboxylic acid groups (broad SMARTS) is 1. The van der Waals surface area contributed by atoms with E-state index in [1.165, 1.54) is 0 Å². The lowest BCUT2D eigenvalue weighted by Gasteiger charge is -2.37. The Morgan fingerprint density at radius 3 is 2.54 bits per heavy atom. The molecular formula is C20H30N2O4. The van der Waals surface area contributed by atoms with E-state index < -0.39 is 5.97 Å². The third-order valence-corrected chi connectivity index (χ3v) is 4.87. The Morgan fingerprint density at radius 2 is 1.92 bits per heavy atom. The Morgan fingerprint density at radius 1 is 1.23 bits per heavy atom. The van der Waals surface area contributed by atoms with Crippen LogP contribution < -0.4 is 0 Å². The predicted octanol–water partition coefficient (Wildman–Crippen LogP) is 2.38. The van der Waals surface area contributed by atoms with Crippen LogP contribution in [0.5, 0.6) is 0 Å². The van der Waals surface area contributed by atoms with Gasteiger partial charge in [-0.1, -0.05) is 37.3 Å². The summed E-state index contributed by atoms with van der Waals surface area (Å²) in [7, 11) is 0. The average molecular weight is 362 g/mol. The Labute approximate surface area is 155 Å². The van der Waals surface area contributed by atoms with Gasteiger partial charge in [0.15, 0.2) is 0 Å². The maximum atomic E-state index is 12.3. The second kappa shape index (κ2) is 10.9. The molecule has 1 heterocycles. The summed E-state index contributed by atoms with van der Waals surface area (Å²) in [5.74, 6) is -0.617. The lowest BCUT2D eigenvalue weighted by Crippen LogP contribution is -2.48. The molecule has 1 amide bonds. The molecule has 26 heavy (non-hydrogen) atoms. The van der Waals surface area contributed by atoms with Crippen LogP contribution >= 0.6 is 0 Å². The van der Waals surface area contributed by atoms with Crippen molar-refractivity contribution in [1.82, 2.24) is 9.80 Å². The molecule has 0 bridgehead atoms. The number of ether oxygens (including phenoxy) is 1. The summed E-state index contributed by atoms with van der Waals surface area (Å²) in [6, 6.07) is 10.3. The number of nitrogens with zero attached hydrogens (tertiary/aromatic N) is 2. The highest BCUT2D eigenvalue weighted by Crippen LogP contribution is 2.17. The Bertz CT molecular complexity index is 556. The van der Waals surface area contributed by atoms with Crippen molar-refractivity contribution in [3.05, 3.63) is 35.9 Å². The summed E-state index contributed by atoms with van der Waals surface area (Å²) in [6.45, 7) is 5.37. The minimum atomic E-state index is -0.791. The van der Waals surface area contributed by atoms with Crippen molar-refractivity contribution in [2.24, 2.45) is 0 Å². The molecule has 6 nitrogen and oxygen atoms in total. The van der Waals surface area contributed by atoms with E-state index in [2.05, 4.69) is 0 Å². The van der Waals surface area contributed by atoms with Crippen molar-refractivity contribution in [2.75, 3.05) is 32.8 Å². The second-order valence-corrected chi connectivity index (χ2v) is 6.71. The molecule has 0 spiro atoms. The molecular weight excluding hydrogens is 332 g/mol. The second-order valence-electron chi connectivity index (χ2n) is 6.71. The molecule has 0 aromatic heterocycles. The van der Waals surface area contributed by atoms with Gasteiger partial charge in [0.05, 0.1) is 13.2 Å². The fourth-order valence-electron chi connectivity index (χ4n) is 3.40. The normalized spacial score (nSPS) is 15.4. The molecule has 1 fully saturated rings. The lowest BCUT2D eigenvalue weighted by molar-refractivity contribution is -0.140. The predicted molar refractivity (Wildman–Crippen MR) is 99.8 cm³/mol. The van der Waals surface area contributed by atoms with Gasteiger partial charge < -0.3 is 14.7 Å². The van der Waals surface area contributed by atoms with Gasteiger partial charge in [0.25, 0.3) is 0 Å². The summed E-state index contributed by atoms with van der Waals surface area (Å²) >= 11 is 0. The Hall–Kier alpha value is -1.92. The molecule has 2 rings (SSSR count). The zero-order chi connectivity index (χ0) is 18.8. The number of aliphatic carboxylic acids is 1. The number of hydrogen-bond acceptors (Lipinski definition) is 4. The number of benzene rings is 1. The molecule has 0 radical (unpaired) electrons. The summed E-state index contributed by atoms with van der Waals surface area (Å²) in [6.07, 6.45) is 2.92. The molecule has 0 atom stereocenters. The van der Waals surface area contributed by atoms with Gasteiger partial charge in [-0.2, -0.15) is 0 Å². The molecule has 144 valence electrons. The smallest absolute Gasteiger partial charge is 0.317 e. The van der Waals surface area contributed by atoms with Crippen LogP contribution in [-0.4, -0.2) is 65.6 Å². The van der Waals surface area contributed by atoms with Crippen molar-refractivity contribution < 1.29 is 19.4 Å². The van der Waals surface area contributed by atoms with E-state index in [-0.39, 0.29) is 18.5 Å². The number of carboxylic acids is 1. The third-order valence-electron chi connectivity index (χ3n) is 4.87.